The van der Waals surface area contributed by atoms with Crippen molar-refractivity contribution in [2.75, 3.05) is 19.6 Å². The number of carbonyl (C=O) groups excluding carboxylic acids is 2. The summed E-state index contributed by atoms with van der Waals surface area (Å²) in [5.74, 6) is -1.83. The molecule has 9 heteroatoms. The molecule has 2 aromatic heterocycles. The molecule has 3 N–H and O–H groups in total. The molecule has 1 aromatic carbocycles. The van der Waals surface area contributed by atoms with Gasteiger partial charge in [-0.15, -0.1) is 0 Å². The molecule has 0 unspecified atom stereocenters. The first-order valence-corrected chi connectivity index (χ1v) is 9.46. The number of nitrogens with zero attached hydrogens (tertiary/aromatic N) is 3. The summed E-state index contributed by atoms with van der Waals surface area (Å²) in [6, 6.07) is 9.53. The molecule has 1 saturated heterocycles. The van der Waals surface area contributed by atoms with Gasteiger partial charge in [-0.3, -0.25) is 19.5 Å². The molecule has 0 radical (unpaired) electrons. The van der Waals surface area contributed by atoms with Gasteiger partial charge in [-0.05, 0) is 12.1 Å². The number of aromatic amines is 2. The highest BCUT2D eigenvalue weighted by Crippen LogP contribution is 2.26. The molecule has 5 rings (SSSR count). The van der Waals surface area contributed by atoms with Crippen LogP contribution in [0.4, 0.5) is 0 Å². The average molecular weight is 393 g/mol. The van der Waals surface area contributed by atoms with E-state index in [9.17, 15) is 14.4 Å². The number of nitrogens with one attached hydrogen (secondary N) is 2. The second kappa shape index (κ2) is 6.47. The minimum absolute atomic E-state index is 0.124. The Morgan fingerprint density at radius 3 is 2.66 bits per heavy atom. The molecule has 9 nitrogen and oxygen atoms in total. The molecule has 29 heavy (non-hydrogen) atoms. The number of hydrogen-bond acceptors (Lipinski definition) is 4. The minimum Gasteiger partial charge on any atom is -0.481 e. The maximum atomic E-state index is 13.0. The van der Waals surface area contributed by atoms with Gasteiger partial charge in [0.05, 0.1) is 12.5 Å². The van der Waals surface area contributed by atoms with Crippen LogP contribution in [0, 0.1) is 5.92 Å². The number of aromatic nitrogens is 3. The fraction of sp³-hybridized carbons (Fsp3) is 0.300. The molecule has 2 aliphatic heterocycles. The largest absolute Gasteiger partial charge is 0.481 e. The number of benzene rings is 1. The Labute approximate surface area is 165 Å². The second-order valence-electron chi connectivity index (χ2n) is 7.52. The highest BCUT2D eigenvalue weighted by atomic mass is 16.4. The van der Waals surface area contributed by atoms with Crippen LogP contribution >= 0.6 is 0 Å². The first-order chi connectivity index (χ1) is 14.0. The zero-order valence-corrected chi connectivity index (χ0v) is 15.5. The lowest BCUT2D eigenvalue weighted by Crippen LogP contribution is -2.53. The summed E-state index contributed by atoms with van der Waals surface area (Å²) in [6.45, 7) is 1.19. The Balaban J connectivity index is 1.35. The van der Waals surface area contributed by atoms with Crippen molar-refractivity contribution in [2.45, 2.75) is 13.0 Å². The molecule has 0 aliphatic carbocycles. The molecular weight excluding hydrogens is 374 g/mol. The van der Waals surface area contributed by atoms with E-state index in [-0.39, 0.29) is 37.1 Å². The molecule has 0 spiro atoms. The summed E-state index contributed by atoms with van der Waals surface area (Å²) >= 11 is 0. The third-order valence-electron chi connectivity index (χ3n) is 5.70. The Kier molecular flexibility index (Phi) is 3.90. The number of hydrogen-bond donors (Lipinski definition) is 3. The van der Waals surface area contributed by atoms with Crippen molar-refractivity contribution in [1.82, 2.24) is 25.0 Å². The van der Waals surface area contributed by atoms with Crippen LogP contribution in [0.5, 0.6) is 0 Å². The zero-order valence-electron chi connectivity index (χ0n) is 15.5. The molecule has 3 aromatic rings. The first-order valence-electron chi connectivity index (χ1n) is 9.46. The van der Waals surface area contributed by atoms with Crippen molar-refractivity contribution in [3.05, 3.63) is 53.0 Å². The van der Waals surface area contributed by atoms with E-state index in [0.717, 1.165) is 16.6 Å². The van der Waals surface area contributed by atoms with Gasteiger partial charge in [-0.25, -0.2) is 0 Å². The van der Waals surface area contributed by atoms with Crippen LogP contribution in [0.15, 0.2) is 30.3 Å². The fourth-order valence-electron chi connectivity index (χ4n) is 3.95. The van der Waals surface area contributed by atoms with E-state index >= 15 is 0 Å². The van der Waals surface area contributed by atoms with Crippen molar-refractivity contribution < 1.29 is 19.5 Å². The number of carboxylic acids is 1. The Bertz CT molecular complexity index is 1110. The van der Waals surface area contributed by atoms with Gasteiger partial charge in [0.25, 0.3) is 11.8 Å². The van der Waals surface area contributed by atoms with Crippen LogP contribution in [0.2, 0.25) is 0 Å². The predicted molar refractivity (Wildman–Crippen MR) is 102 cm³/mol. The number of amides is 2. The lowest BCUT2D eigenvalue weighted by Gasteiger charge is -2.36. The Morgan fingerprint density at radius 1 is 1.10 bits per heavy atom. The van der Waals surface area contributed by atoms with Gasteiger partial charge < -0.3 is 19.9 Å². The summed E-state index contributed by atoms with van der Waals surface area (Å²) < 4.78 is 0. The van der Waals surface area contributed by atoms with Crippen molar-refractivity contribution in [3.8, 4) is 0 Å². The Morgan fingerprint density at radius 2 is 1.90 bits per heavy atom. The molecule has 0 atom stereocenters. The summed E-state index contributed by atoms with van der Waals surface area (Å²) in [6.07, 6.45) is 0.583. The third-order valence-corrected chi connectivity index (χ3v) is 5.70. The average Bonchev–Trinajstić information content (AvgIpc) is 3.29. The summed E-state index contributed by atoms with van der Waals surface area (Å²) in [7, 11) is 0. The predicted octanol–water partition coefficient (Wildman–Crippen LogP) is 1.25. The number of fused-ring (bicyclic) bond motifs is 2. The third kappa shape index (κ3) is 2.86. The number of para-hydroxylation sites is 1. The van der Waals surface area contributed by atoms with Crippen molar-refractivity contribution in [3.63, 3.8) is 0 Å². The number of likely N-dealkylation sites (tertiary alicyclic amines) is 1. The number of carbonyl (C=O) groups is 3. The van der Waals surface area contributed by atoms with E-state index < -0.39 is 11.9 Å². The molecule has 0 bridgehead atoms. The lowest BCUT2D eigenvalue weighted by molar-refractivity contribution is -0.146. The van der Waals surface area contributed by atoms with E-state index in [2.05, 4.69) is 15.2 Å². The second-order valence-corrected chi connectivity index (χ2v) is 7.52. The van der Waals surface area contributed by atoms with Crippen LogP contribution < -0.4 is 0 Å². The lowest BCUT2D eigenvalue weighted by atomic mass is 9.98. The minimum atomic E-state index is -0.895. The molecule has 148 valence electrons. The summed E-state index contributed by atoms with van der Waals surface area (Å²) in [5, 5.41) is 17.0. The highest BCUT2D eigenvalue weighted by molar-refractivity contribution is 5.99. The summed E-state index contributed by atoms with van der Waals surface area (Å²) in [4.78, 5) is 43.1. The fourth-order valence-corrected chi connectivity index (χ4v) is 3.95. The van der Waals surface area contributed by atoms with Gasteiger partial charge in [-0.1, -0.05) is 18.2 Å². The number of H-pyrrole nitrogens is 2. The van der Waals surface area contributed by atoms with E-state index in [4.69, 9.17) is 5.11 Å². The monoisotopic (exact) mass is 393 g/mol. The first kappa shape index (κ1) is 17.5. The maximum absolute atomic E-state index is 13.0. The maximum Gasteiger partial charge on any atom is 0.310 e. The van der Waals surface area contributed by atoms with Crippen LogP contribution in [0.3, 0.4) is 0 Å². The van der Waals surface area contributed by atoms with Crippen molar-refractivity contribution in [1.29, 1.82) is 0 Å². The van der Waals surface area contributed by atoms with Gasteiger partial charge in [0.1, 0.15) is 5.69 Å². The molecule has 2 aliphatic rings. The van der Waals surface area contributed by atoms with Crippen LogP contribution in [0.1, 0.15) is 32.2 Å². The highest BCUT2D eigenvalue weighted by Gasteiger charge is 2.38. The molecular formula is C20H19N5O4. The van der Waals surface area contributed by atoms with E-state index in [1.54, 1.807) is 4.90 Å². The quantitative estimate of drug-likeness (QED) is 0.618. The zero-order chi connectivity index (χ0) is 20.1. The van der Waals surface area contributed by atoms with Gasteiger partial charge in [-0.2, -0.15) is 5.10 Å². The smallest absolute Gasteiger partial charge is 0.310 e. The molecule has 0 saturated carbocycles. The van der Waals surface area contributed by atoms with Gasteiger partial charge in [0.2, 0.25) is 0 Å². The normalized spacial score (nSPS) is 16.6. The number of aliphatic carboxylic acids is 1. The molecule has 4 heterocycles. The Hall–Kier alpha value is -3.62. The topological polar surface area (TPSA) is 122 Å². The molecule has 1 fully saturated rings. The number of rotatable bonds is 3. The van der Waals surface area contributed by atoms with Crippen LogP contribution in [0.25, 0.3) is 10.9 Å². The van der Waals surface area contributed by atoms with E-state index in [1.165, 1.54) is 4.90 Å². The van der Waals surface area contributed by atoms with Gasteiger partial charge in [0.15, 0.2) is 5.69 Å². The van der Waals surface area contributed by atoms with Gasteiger partial charge >= 0.3 is 5.97 Å². The van der Waals surface area contributed by atoms with Crippen LogP contribution in [-0.4, -0.2) is 67.5 Å². The van der Waals surface area contributed by atoms with Crippen molar-refractivity contribution in [2.24, 2.45) is 5.92 Å². The van der Waals surface area contributed by atoms with Crippen molar-refractivity contribution >= 4 is 28.7 Å². The van der Waals surface area contributed by atoms with Crippen LogP contribution in [-0.2, 0) is 17.8 Å². The molecule has 2 amide bonds. The number of carboxylic acid groups (broad SMARTS) is 1. The van der Waals surface area contributed by atoms with E-state index in [1.807, 2.05) is 30.3 Å². The standard InChI is InChI=1S/C20H19N5O4/c26-18(16-7-11-3-1-2-4-14(11)21-16)24-6-5-15-13(10-24)17(23-22-15)19(27)25-8-12(9-25)20(28)29/h1-4,7,12,21H,5-6,8-10H2,(H,22,23)(H,28,29). The van der Waals surface area contributed by atoms with E-state index in [0.29, 0.717) is 24.2 Å². The SMILES string of the molecule is O=C(O)C1CN(C(=O)c2n[nH]c3c2CN(C(=O)c2cc4ccccc4[nH]2)CC3)C1. The summed E-state index contributed by atoms with van der Waals surface area (Å²) in [5.41, 5.74) is 3.25. The van der Waals surface area contributed by atoms with Gasteiger partial charge in [0, 0.05) is 48.2 Å².